The van der Waals surface area contributed by atoms with Gasteiger partial charge in [-0.05, 0) is 36.6 Å². The molecule has 0 aliphatic carbocycles. The maximum atomic E-state index is 13.0. The number of benzene rings is 2. The Morgan fingerprint density at radius 1 is 1.07 bits per heavy atom. The van der Waals surface area contributed by atoms with Gasteiger partial charge in [0.25, 0.3) is 5.91 Å². The summed E-state index contributed by atoms with van der Waals surface area (Å²) in [6, 6.07) is 15.5. The van der Waals surface area contributed by atoms with E-state index < -0.39 is 0 Å². The van der Waals surface area contributed by atoms with Crippen LogP contribution in [0, 0.1) is 0 Å². The highest BCUT2D eigenvalue weighted by Crippen LogP contribution is 2.24. The molecule has 5 nitrogen and oxygen atoms in total. The summed E-state index contributed by atoms with van der Waals surface area (Å²) in [4.78, 5) is 22.7. The van der Waals surface area contributed by atoms with Crippen LogP contribution in [-0.2, 0) is 0 Å². The standard InChI is InChI=1S/C21H21ClN4OS/c1-28-19-8-3-2-7-18(19)20(27)24-11-13-25(14-12-24)21-23-9-10-26(21)17-6-4-5-16(22)15-17/h2-10,15H,11-14H2,1H3. The summed E-state index contributed by atoms with van der Waals surface area (Å²) in [6.45, 7) is 2.82. The number of aromatic nitrogens is 2. The zero-order valence-corrected chi connectivity index (χ0v) is 17.2. The van der Waals surface area contributed by atoms with Crippen LogP contribution in [-0.4, -0.2) is 52.8 Å². The van der Waals surface area contributed by atoms with E-state index >= 15 is 0 Å². The molecular formula is C21H21ClN4OS. The van der Waals surface area contributed by atoms with Crippen molar-refractivity contribution in [1.29, 1.82) is 0 Å². The number of anilines is 1. The molecule has 7 heteroatoms. The van der Waals surface area contributed by atoms with Crippen molar-refractivity contribution in [2.75, 3.05) is 37.3 Å². The first-order valence-electron chi connectivity index (χ1n) is 9.14. The normalized spacial score (nSPS) is 14.4. The summed E-state index contributed by atoms with van der Waals surface area (Å²) in [7, 11) is 0. The van der Waals surface area contributed by atoms with Crippen LogP contribution in [0.4, 0.5) is 5.95 Å². The van der Waals surface area contributed by atoms with E-state index in [0.29, 0.717) is 18.1 Å². The fourth-order valence-corrected chi connectivity index (χ4v) is 4.23. The van der Waals surface area contributed by atoms with Crippen LogP contribution < -0.4 is 4.90 Å². The van der Waals surface area contributed by atoms with Crippen molar-refractivity contribution in [3.8, 4) is 5.69 Å². The van der Waals surface area contributed by atoms with Crippen molar-refractivity contribution in [1.82, 2.24) is 14.5 Å². The number of halogens is 1. The van der Waals surface area contributed by atoms with Gasteiger partial charge in [-0.1, -0.05) is 29.8 Å². The van der Waals surface area contributed by atoms with Crippen LogP contribution in [0.25, 0.3) is 5.69 Å². The Bertz CT molecular complexity index is 982. The van der Waals surface area contributed by atoms with Gasteiger partial charge in [0.15, 0.2) is 0 Å². The second kappa shape index (κ2) is 8.29. The minimum atomic E-state index is 0.0998. The van der Waals surface area contributed by atoms with Gasteiger partial charge in [-0.2, -0.15) is 0 Å². The third-order valence-corrected chi connectivity index (χ3v) is 5.93. The third-order valence-electron chi connectivity index (χ3n) is 4.89. The molecule has 28 heavy (non-hydrogen) atoms. The lowest BCUT2D eigenvalue weighted by Gasteiger charge is -2.35. The molecule has 2 heterocycles. The van der Waals surface area contributed by atoms with Gasteiger partial charge in [-0.15, -0.1) is 11.8 Å². The zero-order valence-electron chi connectivity index (χ0n) is 15.6. The number of rotatable bonds is 4. The van der Waals surface area contributed by atoms with Crippen molar-refractivity contribution < 1.29 is 4.79 Å². The number of hydrogen-bond acceptors (Lipinski definition) is 4. The molecule has 0 saturated carbocycles. The van der Waals surface area contributed by atoms with Gasteiger partial charge < -0.3 is 9.80 Å². The van der Waals surface area contributed by atoms with Crippen LogP contribution in [0.2, 0.25) is 5.02 Å². The summed E-state index contributed by atoms with van der Waals surface area (Å²) in [6.07, 6.45) is 5.73. The molecule has 1 aromatic heterocycles. The highest BCUT2D eigenvalue weighted by molar-refractivity contribution is 7.98. The Kier molecular flexibility index (Phi) is 5.59. The lowest BCUT2D eigenvalue weighted by Crippen LogP contribution is -2.49. The predicted octanol–water partition coefficient (Wildman–Crippen LogP) is 4.21. The fraction of sp³-hybridized carbons (Fsp3) is 0.238. The molecule has 0 N–H and O–H groups in total. The molecule has 1 aliphatic heterocycles. The minimum absolute atomic E-state index is 0.0998. The van der Waals surface area contributed by atoms with E-state index in [-0.39, 0.29) is 5.91 Å². The molecule has 1 fully saturated rings. The van der Waals surface area contributed by atoms with Crippen LogP contribution in [0.15, 0.2) is 65.8 Å². The number of imidazole rings is 1. The number of hydrogen-bond donors (Lipinski definition) is 0. The number of thioether (sulfide) groups is 1. The molecular weight excluding hydrogens is 392 g/mol. The molecule has 0 bridgehead atoms. The Balaban J connectivity index is 1.48. The average Bonchev–Trinajstić information content (AvgIpc) is 3.23. The van der Waals surface area contributed by atoms with Crippen molar-refractivity contribution in [2.45, 2.75) is 4.90 Å². The van der Waals surface area contributed by atoms with Crippen molar-refractivity contribution in [2.24, 2.45) is 0 Å². The number of piperazine rings is 1. The molecule has 2 aromatic carbocycles. The first-order valence-corrected chi connectivity index (χ1v) is 10.7. The minimum Gasteiger partial charge on any atom is -0.338 e. The quantitative estimate of drug-likeness (QED) is 0.602. The predicted molar refractivity (Wildman–Crippen MR) is 115 cm³/mol. The summed E-state index contributed by atoms with van der Waals surface area (Å²) in [5, 5.41) is 0.694. The Labute approximate surface area is 173 Å². The average molecular weight is 413 g/mol. The summed E-state index contributed by atoms with van der Waals surface area (Å²) < 4.78 is 2.03. The molecule has 0 atom stereocenters. The maximum absolute atomic E-state index is 13.0. The highest BCUT2D eigenvalue weighted by Gasteiger charge is 2.25. The van der Waals surface area contributed by atoms with Crippen LogP contribution in [0.1, 0.15) is 10.4 Å². The number of nitrogens with zero attached hydrogens (tertiary/aromatic N) is 4. The lowest BCUT2D eigenvalue weighted by molar-refractivity contribution is 0.0742. The molecule has 1 aliphatic rings. The topological polar surface area (TPSA) is 41.4 Å². The van der Waals surface area contributed by atoms with E-state index in [1.54, 1.807) is 18.0 Å². The second-order valence-electron chi connectivity index (χ2n) is 6.56. The maximum Gasteiger partial charge on any atom is 0.255 e. The number of carbonyl (C=O) groups is 1. The van der Waals surface area contributed by atoms with Gasteiger partial charge in [0, 0.05) is 54.2 Å². The molecule has 144 valence electrons. The van der Waals surface area contributed by atoms with Gasteiger partial charge in [0.2, 0.25) is 5.95 Å². The first kappa shape index (κ1) is 18.9. The van der Waals surface area contributed by atoms with Crippen LogP contribution >= 0.6 is 23.4 Å². The zero-order chi connectivity index (χ0) is 19.5. The third kappa shape index (κ3) is 3.75. The van der Waals surface area contributed by atoms with Crippen molar-refractivity contribution >= 4 is 35.2 Å². The van der Waals surface area contributed by atoms with E-state index in [9.17, 15) is 4.79 Å². The van der Waals surface area contributed by atoms with Gasteiger partial charge in [0.1, 0.15) is 0 Å². The summed E-state index contributed by atoms with van der Waals surface area (Å²) in [5.74, 6) is 0.974. The molecule has 1 amide bonds. The van der Waals surface area contributed by atoms with Crippen molar-refractivity contribution in [3.63, 3.8) is 0 Å². The monoisotopic (exact) mass is 412 g/mol. The SMILES string of the molecule is CSc1ccccc1C(=O)N1CCN(c2nccn2-c2cccc(Cl)c2)CC1. The van der Waals surface area contributed by atoms with E-state index in [0.717, 1.165) is 35.2 Å². The molecule has 0 unspecified atom stereocenters. The number of carbonyl (C=O) groups excluding carboxylic acids is 1. The second-order valence-corrected chi connectivity index (χ2v) is 7.84. The van der Waals surface area contributed by atoms with Gasteiger partial charge >= 0.3 is 0 Å². The summed E-state index contributed by atoms with van der Waals surface area (Å²) >= 11 is 7.75. The van der Waals surface area contributed by atoms with Crippen LogP contribution in [0.5, 0.6) is 0 Å². The fourth-order valence-electron chi connectivity index (χ4n) is 3.46. The van der Waals surface area contributed by atoms with Gasteiger partial charge in [-0.3, -0.25) is 9.36 Å². The molecule has 1 saturated heterocycles. The summed E-state index contributed by atoms with van der Waals surface area (Å²) in [5.41, 5.74) is 1.76. The molecule has 3 aromatic rings. The van der Waals surface area contributed by atoms with Gasteiger partial charge in [-0.25, -0.2) is 4.98 Å². The first-order chi connectivity index (χ1) is 13.7. The Morgan fingerprint density at radius 3 is 2.61 bits per heavy atom. The van der Waals surface area contributed by atoms with E-state index in [1.165, 1.54) is 0 Å². The van der Waals surface area contributed by atoms with Gasteiger partial charge in [0.05, 0.1) is 5.56 Å². The van der Waals surface area contributed by atoms with E-state index in [1.807, 2.05) is 70.5 Å². The smallest absolute Gasteiger partial charge is 0.255 e. The van der Waals surface area contributed by atoms with Crippen molar-refractivity contribution in [3.05, 3.63) is 71.5 Å². The molecule has 4 rings (SSSR count). The Hall–Kier alpha value is -2.44. The van der Waals surface area contributed by atoms with Crippen LogP contribution in [0.3, 0.4) is 0 Å². The van der Waals surface area contributed by atoms with E-state index in [4.69, 9.17) is 11.6 Å². The molecule has 0 radical (unpaired) electrons. The Morgan fingerprint density at radius 2 is 1.86 bits per heavy atom. The largest absolute Gasteiger partial charge is 0.338 e. The molecule has 0 spiro atoms. The number of amides is 1. The highest BCUT2D eigenvalue weighted by atomic mass is 35.5. The lowest BCUT2D eigenvalue weighted by atomic mass is 10.2. The van der Waals surface area contributed by atoms with E-state index in [2.05, 4.69) is 9.88 Å².